The number of hydrazine groups is 1. The van der Waals surface area contributed by atoms with E-state index < -0.39 is 11.8 Å². The molecule has 0 aromatic heterocycles. The summed E-state index contributed by atoms with van der Waals surface area (Å²) in [5.74, 6) is 0.177. The second-order valence-corrected chi connectivity index (χ2v) is 5.21. The summed E-state index contributed by atoms with van der Waals surface area (Å²) in [7, 11) is 0. The van der Waals surface area contributed by atoms with Crippen molar-refractivity contribution in [2.24, 2.45) is 0 Å². The van der Waals surface area contributed by atoms with Gasteiger partial charge >= 0.3 is 0 Å². The predicted molar refractivity (Wildman–Crippen MR) is 83.8 cm³/mol. The van der Waals surface area contributed by atoms with Gasteiger partial charge in [0.05, 0.1) is 0 Å². The van der Waals surface area contributed by atoms with E-state index in [9.17, 15) is 9.59 Å². The van der Waals surface area contributed by atoms with E-state index in [4.69, 9.17) is 21.1 Å². The maximum atomic E-state index is 12.1. The monoisotopic (exact) mass is 332 g/mol. The predicted octanol–water partition coefficient (Wildman–Crippen LogP) is 2.19. The molecule has 0 saturated heterocycles. The highest BCUT2D eigenvalue weighted by molar-refractivity contribution is 6.30. The van der Waals surface area contributed by atoms with Crippen LogP contribution in [0.3, 0.4) is 0 Å². The van der Waals surface area contributed by atoms with Gasteiger partial charge < -0.3 is 9.47 Å². The van der Waals surface area contributed by atoms with Crippen molar-refractivity contribution in [2.45, 2.75) is 0 Å². The standard InChI is InChI=1S/C16H13ClN2O4/c17-12-3-1-2-10(8-12)15(20)18-19-16(21)11-4-5-13-14(9-11)23-7-6-22-13/h1-5,8-9H,6-7H2,(H,18,20)(H,19,21). The Hall–Kier alpha value is -2.73. The minimum atomic E-state index is -0.461. The van der Waals surface area contributed by atoms with E-state index in [0.717, 1.165) is 0 Å². The normalized spacial score (nSPS) is 12.4. The average Bonchev–Trinajstić information content (AvgIpc) is 2.59. The van der Waals surface area contributed by atoms with Crippen molar-refractivity contribution in [1.29, 1.82) is 0 Å². The van der Waals surface area contributed by atoms with Gasteiger partial charge in [-0.3, -0.25) is 20.4 Å². The van der Waals surface area contributed by atoms with Gasteiger partial charge in [0.15, 0.2) is 11.5 Å². The summed E-state index contributed by atoms with van der Waals surface area (Å²) in [4.78, 5) is 24.0. The van der Waals surface area contributed by atoms with Crippen molar-refractivity contribution in [3.05, 3.63) is 58.6 Å². The number of carbonyl (C=O) groups excluding carboxylic acids is 2. The summed E-state index contributed by atoms with van der Waals surface area (Å²) in [6.07, 6.45) is 0. The fraction of sp³-hybridized carbons (Fsp3) is 0.125. The third kappa shape index (κ3) is 3.54. The highest BCUT2D eigenvalue weighted by atomic mass is 35.5. The number of halogens is 1. The maximum absolute atomic E-state index is 12.1. The first-order chi connectivity index (χ1) is 11.1. The minimum absolute atomic E-state index is 0.347. The summed E-state index contributed by atoms with van der Waals surface area (Å²) in [6, 6.07) is 11.2. The number of ether oxygens (including phenoxy) is 2. The molecule has 118 valence electrons. The van der Waals surface area contributed by atoms with Crippen LogP contribution in [0.1, 0.15) is 20.7 Å². The SMILES string of the molecule is O=C(NNC(=O)c1ccc2c(c1)OCCO2)c1cccc(Cl)c1. The Morgan fingerprint density at radius 1 is 0.870 bits per heavy atom. The topological polar surface area (TPSA) is 76.7 Å². The third-order valence-electron chi connectivity index (χ3n) is 3.18. The number of hydrogen-bond donors (Lipinski definition) is 2. The van der Waals surface area contributed by atoms with E-state index in [2.05, 4.69) is 10.9 Å². The van der Waals surface area contributed by atoms with Gasteiger partial charge in [-0.15, -0.1) is 0 Å². The Morgan fingerprint density at radius 3 is 2.22 bits per heavy atom. The minimum Gasteiger partial charge on any atom is -0.486 e. The first kappa shape index (κ1) is 15.2. The van der Waals surface area contributed by atoms with Gasteiger partial charge in [0.25, 0.3) is 11.8 Å². The molecule has 2 N–H and O–H groups in total. The molecule has 2 aromatic carbocycles. The molecule has 1 aliphatic heterocycles. The number of nitrogens with one attached hydrogen (secondary N) is 2. The van der Waals surface area contributed by atoms with Crippen LogP contribution < -0.4 is 20.3 Å². The van der Waals surface area contributed by atoms with Crippen LogP contribution in [0.25, 0.3) is 0 Å². The molecule has 2 amide bonds. The molecule has 0 radical (unpaired) electrons. The Morgan fingerprint density at radius 2 is 1.52 bits per heavy atom. The summed E-state index contributed by atoms with van der Waals surface area (Å²) in [5.41, 5.74) is 5.38. The van der Waals surface area contributed by atoms with Crippen LogP contribution >= 0.6 is 11.6 Å². The molecular formula is C16H13ClN2O4. The zero-order valence-electron chi connectivity index (χ0n) is 12.0. The lowest BCUT2D eigenvalue weighted by molar-refractivity contribution is 0.0846. The zero-order valence-corrected chi connectivity index (χ0v) is 12.7. The van der Waals surface area contributed by atoms with Gasteiger partial charge in [-0.05, 0) is 36.4 Å². The number of hydrogen-bond acceptors (Lipinski definition) is 4. The van der Waals surface area contributed by atoms with Crippen molar-refractivity contribution in [3.63, 3.8) is 0 Å². The van der Waals surface area contributed by atoms with E-state index >= 15 is 0 Å². The molecule has 23 heavy (non-hydrogen) atoms. The molecule has 0 spiro atoms. The fourth-order valence-electron chi connectivity index (χ4n) is 2.07. The molecule has 0 atom stereocenters. The third-order valence-corrected chi connectivity index (χ3v) is 3.42. The van der Waals surface area contributed by atoms with Crippen LogP contribution in [-0.4, -0.2) is 25.0 Å². The van der Waals surface area contributed by atoms with Gasteiger partial charge in [0, 0.05) is 16.1 Å². The molecule has 1 aliphatic rings. The van der Waals surface area contributed by atoms with Crippen molar-refractivity contribution in [1.82, 2.24) is 10.9 Å². The van der Waals surface area contributed by atoms with Crippen LogP contribution in [0, 0.1) is 0 Å². The average molecular weight is 333 g/mol. The van der Waals surface area contributed by atoms with Gasteiger partial charge in [-0.2, -0.15) is 0 Å². The second-order valence-electron chi connectivity index (χ2n) is 4.78. The van der Waals surface area contributed by atoms with Crippen molar-refractivity contribution in [2.75, 3.05) is 13.2 Å². The van der Waals surface area contributed by atoms with E-state index in [1.165, 1.54) is 6.07 Å². The van der Waals surface area contributed by atoms with Crippen LogP contribution in [-0.2, 0) is 0 Å². The molecule has 6 nitrogen and oxygen atoms in total. The van der Waals surface area contributed by atoms with Crippen LogP contribution in [0.15, 0.2) is 42.5 Å². The van der Waals surface area contributed by atoms with E-state index in [1.54, 1.807) is 36.4 Å². The largest absolute Gasteiger partial charge is 0.486 e. The Balaban J connectivity index is 1.64. The molecule has 1 heterocycles. The second kappa shape index (κ2) is 6.58. The van der Waals surface area contributed by atoms with Gasteiger partial charge in [-0.1, -0.05) is 17.7 Å². The number of benzene rings is 2. The highest BCUT2D eigenvalue weighted by Crippen LogP contribution is 2.30. The quantitative estimate of drug-likeness (QED) is 0.826. The van der Waals surface area contributed by atoms with Crippen LogP contribution in [0.2, 0.25) is 5.02 Å². The van der Waals surface area contributed by atoms with E-state index in [-0.39, 0.29) is 0 Å². The first-order valence-electron chi connectivity index (χ1n) is 6.89. The smallest absolute Gasteiger partial charge is 0.269 e. The Bertz CT molecular complexity index is 763. The Kier molecular flexibility index (Phi) is 4.34. The lowest BCUT2D eigenvalue weighted by Gasteiger charge is -2.18. The Labute approximate surface area is 137 Å². The highest BCUT2D eigenvalue weighted by Gasteiger charge is 2.15. The number of fused-ring (bicyclic) bond motifs is 1. The summed E-state index contributed by atoms with van der Waals surface area (Å²) >= 11 is 5.82. The molecule has 0 fully saturated rings. The van der Waals surface area contributed by atoms with Gasteiger partial charge in [0.1, 0.15) is 13.2 Å². The molecule has 0 bridgehead atoms. The molecule has 2 aromatic rings. The van der Waals surface area contributed by atoms with Crippen molar-refractivity contribution < 1.29 is 19.1 Å². The number of carbonyl (C=O) groups is 2. The molecule has 0 aliphatic carbocycles. The van der Waals surface area contributed by atoms with E-state index in [0.29, 0.717) is 40.9 Å². The van der Waals surface area contributed by atoms with Crippen LogP contribution in [0.4, 0.5) is 0 Å². The lowest BCUT2D eigenvalue weighted by atomic mass is 10.2. The summed E-state index contributed by atoms with van der Waals surface area (Å²) in [6.45, 7) is 0.914. The number of amides is 2. The number of rotatable bonds is 2. The molecule has 0 unspecified atom stereocenters. The molecular weight excluding hydrogens is 320 g/mol. The van der Waals surface area contributed by atoms with Crippen LogP contribution in [0.5, 0.6) is 11.5 Å². The van der Waals surface area contributed by atoms with Crippen molar-refractivity contribution >= 4 is 23.4 Å². The van der Waals surface area contributed by atoms with E-state index in [1.807, 2.05) is 0 Å². The summed E-state index contributed by atoms with van der Waals surface area (Å²) < 4.78 is 10.8. The fourth-order valence-corrected chi connectivity index (χ4v) is 2.26. The zero-order chi connectivity index (χ0) is 16.2. The molecule has 0 saturated carbocycles. The van der Waals surface area contributed by atoms with Crippen molar-refractivity contribution in [3.8, 4) is 11.5 Å². The molecule has 7 heteroatoms. The van der Waals surface area contributed by atoms with Gasteiger partial charge in [0.2, 0.25) is 0 Å². The molecule has 3 rings (SSSR count). The lowest BCUT2D eigenvalue weighted by Crippen LogP contribution is -2.41. The summed E-state index contributed by atoms with van der Waals surface area (Å²) in [5, 5.41) is 0.441. The maximum Gasteiger partial charge on any atom is 0.269 e. The van der Waals surface area contributed by atoms with Gasteiger partial charge in [-0.25, -0.2) is 0 Å². The first-order valence-corrected chi connectivity index (χ1v) is 7.27.